The van der Waals surface area contributed by atoms with Gasteiger partial charge in [0.25, 0.3) is 5.91 Å². The van der Waals surface area contributed by atoms with E-state index in [2.05, 4.69) is 5.32 Å². The molecule has 1 saturated carbocycles. The molecular formula is C15H21NO4. The van der Waals surface area contributed by atoms with Gasteiger partial charge in [0.2, 0.25) is 0 Å². The molecule has 2 N–H and O–H groups in total. The second kappa shape index (κ2) is 5.31. The molecule has 110 valence electrons. The highest BCUT2D eigenvalue weighted by molar-refractivity contribution is 5.98. The number of hydrogen-bond acceptors (Lipinski definition) is 3. The highest BCUT2D eigenvalue weighted by Gasteiger charge is 2.43. The third-order valence-corrected chi connectivity index (χ3v) is 4.05. The molecule has 0 radical (unpaired) electrons. The van der Waals surface area contributed by atoms with Crippen molar-refractivity contribution >= 4 is 11.9 Å². The minimum Gasteiger partial charge on any atom is -0.480 e. The highest BCUT2D eigenvalue weighted by Crippen LogP contribution is 2.33. The van der Waals surface area contributed by atoms with Gasteiger partial charge in [0.15, 0.2) is 0 Å². The monoisotopic (exact) mass is 279 g/mol. The minimum atomic E-state index is -1.15. The van der Waals surface area contributed by atoms with Crippen LogP contribution >= 0.6 is 0 Å². The van der Waals surface area contributed by atoms with Crippen molar-refractivity contribution in [1.29, 1.82) is 0 Å². The minimum absolute atomic E-state index is 0.298. The van der Waals surface area contributed by atoms with E-state index in [1.165, 1.54) is 0 Å². The van der Waals surface area contributed by atoms with Gasteiger partial charge < -0.3 is 14.8 Å². The lowest BCUT2D eigenvalue weighted by atomic mass is 9.76. The summed E-state index contributed by atoms with van der Waals surface area (Å²) in [5.41, 5.74) is -0.729. The van der Waals surface area contributed by atoms with Crippen molar-refractivity contribution in [2.75, 3.05) is 0 Å². The number of aliphatic carboxylic acids is 1. The molecule has 5 heteroatoms. The van der Waals surface area contributed by atoms with Gasteiger partial charge in [0, 0.05) is 0 Å². The second-order valence-corrected chi connectivity index (χ2v) is 5.87. The third kappa shape index (κ3) is 2.71. The van der Waals surface area contributed by atoms with Crippen LogP contribution in [0.4, 0.5) is 0 Å². The molecule has 2 rings (SSSR count). The number of carboxylic acids is 1. The van der Waals surface area contributed by atoms with E-state index in [9.17, 15) is 14.7 Å². The predicted octanol–water partition coefficient (Wildman–Crippen LogP) is 2.66. The summed E-state index contributed by atoms with van der Waals surface area (Å²) in [4.78, 5) is 24.0. The Morgan fingerprint density at radius 2 is 2.15 bits per heavy atom. The summed E-state index contributed by atoms with van der Waals surface area (Å²) in [5, 5.41) is 12.3. The van der Waals surface area contributed by atoms with E-state index in [0.29, 0.717) is 35.8 Å². The van der Waals surface area contributed by atoms with Crippen molar-refractivity contribution in [2.45, 2.75) is 52.0 Å². The fourth-order valence-corrected chi connectivity index (χ4v) is 3.05. The molecule has 0 spiro atoms. The van der Waals surface area contributed by atoms with Gasteiger partial charge in [-0.2, -0.15) is 0 Å². The van der Waals surface area contributed by atoms with Gasteiger partial charge in [-0.1, -0.05) is 19.8 Å². The molecule has 1 aliphatic carbocycles. The van der Waals surface area contributed by atoms with Crippen LogP contribution in [-0.4, -0.2) is 22.5 Å². The van der Waals surface area contributed by atoms with Crippen LogP contribution in [0.1, 0.15) is 54.5 Å². The summed E-state index contributed by atoms with van der Waals surface area (Å²) in [6, 6.07) is 1.65. The van der Waals surface area contributed by atoms with E-state index in [1.807, 2.05) is 6.92 Å². The van der Waals surface area contributed by atoms with Gasteiger partial charge in [0.1, 0.15) is 17.1 Å². The van der Waals surface area contributed by atoms with Gasteiger partial charge in [-0.3, -0.25) is 4.79 Å². The molecule has 0 bridgehead atoms. The Balaban J connectivity index is 2.22. The number of furan rings is 1. The summed E-state index contributed by atoms with van der Waals surface area (Å²) in [5.74, 6) is 0.150. The van der Waals surface area contributed by atoms with Gasteiger partial charge in [-0.05, 0) is 38.7 Å². The molecule has 0 aromatic carbocycles. The van der Waals surface area contributed by atoms with E-state index < -0.39 is 11.5 Å². The first kappa shape index (κ1) is 14.6. The average Bonchev–Trinajstić information content (AvgIpc) is 2.68. The maximum Gasteiger partial charge on any atom is 0.329 e. The zero-order chi connectivity index (χ0) is 14.9. The largest absolute Gasteiger partial charge is 0.480 e. The fourth-order valence-electron chi connectivity index (χ4n) is 3.05. The van der Waals surface area contributed by atoms with E-state index in [1.54, 1.807) is 19.9 Å². The Hall–Kier alpha value is -1.78. The molecule has 1 heterocycles. The normalized spacial score (nSPS) is 26.2. The van der Waals surface area contributed by atoms with Crippen LogP contribution in [0.2, 0.25) is 0 Å². The van der Waals surface area contributed by atoms with Crippen LogP contribution in [-0.2, 0) is 4.79 Å². The summed E-state index contributed by atoms with van der Waals surface area (Å²) >= 11 is 0. The zero-order valence-corrected chi connectivity index (χ0v) is 12.2. The third-order valence-electron chi connectivity index (χ3n) is 4.05. The first-order chi connectivity index (χ1) is 9.34. The zero-order valence-electron chi connectivity index (χ0n) is 12.2. The van der Waals surface area contributed by atoms with Gasteiger partial charge in [-0.15, -0.1) is 0 Å². The van der Waals surface area contributed by atoms with E-state index in [4.69, 9.17) is 4.42 Å². The van der Waals surface area contributed by atoms with Crippen molar-refractivity contribution in [1.82, 2.24) is 5.32 Å². The summed E-state index contributed by atoms with van der Waals surface area (Å²) in [6.45, 7) is 5.49. The van der Waals surface area contributed by atoms with Crippen molar-refractivity contribution in [3.05, 3.63) is 23.2 Å². The van der Waals surface area contributed by atoms with Crippen LogP contribution in [0.15, 0.2) is 10.5 Å². The number of carbonyl (C=O) groups is 2. The standard InChI is InChI=1S/C15H21NO4/c1-9-5-4-6-15(8-9,14(18)19)16-13(17)12-7-10(2)20-11(12)3/h7,9H,4-6,8H2,1-3H3,(H,16,17)(H,18,19). The smallest absolute Gasteiger partial charge is 0.329 e. The predicted molar refractivity (Wildman–Crippen MR) is 73.6 cm³/mol. The Bertz CT molecular complexity index is 534. The van der Waals surface area contributed by atoms with Crippen LogP contribution < -0.4 is 5.32 Å². The van der Waals surface area contributed by atoms with Crippen molar-refractivity contribution in [3.8, 4) is 0 Å². The lowest BCUT2D eigenvalue weighted by Gasteiger charge is -2.37. The molecule has 0 saturated heterocycles. The lowest BCUT2D eigenvalue weighted by molar-refractivity contribution is -0.146. The lowest BCUT2D eigenvalue weighted by Crippen LogP contribution is -2.56. The van der Waals surface area contributed by atoms with Gasteiger partial charge in [-0.25, -0.2) is 4.79 Å². The first-order valence-electron chi connectivity index (χ1n) is 6.97. The number of carboxylic acid groups (broad SMARTS) is 1. The Kier molecular flexibility index (Phi) is 3.88. The van der Waals surface area contributed by atoms with Crippen LogP contribution in [0.25, 0.3) is 0 Å². The maximum atomic E-state index is 12.3. The number of hydrogen-bond donors (Lipinski definition) is 2. The number of amides is 1. The van der Waals surface area contributed by atoms with Crippen molar-refractivity contribution in [2.24, 2.45) is 5.92 Å². The molecule has 1 aromatic heterocycles. The van der Waals surface area contributed by atoms with Gasteiger partial charge >= 0.3 is 5.97 Å². The van der Waals surface area contributed by atoms with Crippen LogP contribution in [0.5, 0.6) is 0 Å². The average molecular weight is 279 g/mol. The molecule has 1 aromatic rings. The van der Waals surface area contributed by atoms with Crippen LogP contribution in [0.3, 0.4) is 0 Å². The molecule has 2 atom stereocenters. The van der Waals surface area contributed by atoms with Crippen LogP contribution in [0, 0.1) is 19.8 Å². The Morgan fingerprint density at radius 1 is 1.45 bits per heavy atom. The van der Waals surface area contributed by atoms with E-state index in [0.717, 1.165) is 12.8 Å². The molecule has 1 amide bonds. The van der Waals surface area contributed by atoms with E-state index in [-0.39, 0.29) is 5.91 Å². The summed E-state index contributed by atoms with van der Waals surface area (Å²) in [7, 11) is 0. The van der Waals surface area contributed by atoms with Crippen molar-refractivity contribution in [3.63, 3.8) is 0 Å². The second-order valence-electron chi connectivity index (χ2n) is 5.87. The van der Waals surface area contributed by atoms with Crippen molar-refractivity contribution < 1.29 is 19.1 Å². The molecular weight excluding hydrogens is 258 g/mol. The molecule has 2 unspecified atom stereocenters. The first-order valence-corrected chi connectivity index (χ1v) is 6.97. The number of aryl methyl sites for hydroxylation is 2. The highest BCUT2D eigenvalue weighted by atomic mass is 16.4. The molecule has 20 heavy (non-hydrogen) atoms. The summed E-state index contributed by atoms with van der Waals surface area (Å²) < 4.78 is 5.33. The Morgan fingerprint density at radius 3 is 2.65 bits per heavy atom. The molecule has 0 aliphatic heterocycles. The molecule has 5 nitrogen and oxygen atoms in total. The fraction of sp³-hybridized carbons (Fsp3) is 0.600. The number of carbonyl (C=O) groups excluding carboxylic acids is 1. The summed E-state index contributed by atoms with van der Waals surface area (Å²) in [6.07, 6.45) is 2.78. The maximum absolute atomic E-state index is 12.3. The van der Waals surface area contributed by atoms with E-state index >= 15 is 0 Å². The SMILES string of the molecule is Cc1cc(C(=O)NC2(C(=O)O)CCCC(C)C2)c(C)o1. The topological polar surface area (TPSA) is 79.5 Å². The molecule has 1 aliphatic rings. The molecule has 1 fully saturated rings. The number of rotatable bonds is 3. The quantitative estimate of drug-likeness (QED) is 0.891. The Labute approximate surface area is 118 Å². The number of nitrogens with one attached hydrogen (secondary N) is 1. The van der Waals surface area contributed by atoms with Gasteiger partial charge in [0.05, 0.1) is 5.56 Å².